The smallest absolute Gasteiger partial charge is 0.322 e. The number of amides is 3. The number of aromatic hydroxyl groups is 1. The van der Waals surface area contributed by atoms with Gasteiger partial charge < -0.3 is 19.7 Å². The van der Waals surface area contributed by atoms with E-state index < -0.39 is 27.3 Å². The van der Waals surface area contributed by atoms with Crippen molar-refractivity contribution >= 4 is 32.5 Å². The lowest BCUT2D eigenvalue weighted by Gasteiger charge is -2.27. The van der Waals surface area contributed by atoms with E-state index >= 15 is 0 Å². The first kappa shape index (κ1) is 19.8. The van der Waals surface area contributed by atoms with Crippen molar-refractivity contribution in [3.8, 4) is 11.6 Å². The molecule has 0 unspecified atom stereocenters. The zero-order chi connectivity index (χ0) is 21.7. The van der Waals surface area contributed by atoms with Crippen LogP contribution < -0.4 is 15.4 Å². The van der Waals surface area contributed by atoms with E-state index in [4.69, 9.17) is 4.74 Å². The van der Waals surface area contributed by atoms with E-state index in [0.717, 1.165) is 11.6 Å². The van der Waals surface area contributed by atoms with Crippen molar-refractivity contribution in [1.82, 2.24) is 15.2 Å². The third-order valence-corrected chi connectivity index (χ3v) is 6.32. The van der Waals surface area contributed by atoms with Crippen LogP contribution in [-0.4, -0.2) is 43.4 Å². The van der Waals surface area contributed by atoms with Gasteiger partial charge in [-0.15, -0.1) is 0 Å². The maximum atomic E-state index is 12.8. The Kier molecular flexibility index (Phi) is 4.46. The monoisotopic (exact) mass is 429 g/mol. The molecule has 1 atom stereocenters. The second kappa shape index (κ2) is 6.77. The summed E-state index contributed by atoms with van der Waals surface area (Å²) in [6, 6.07) is 10.2. The summed E-state index contributed by atoms with van der Waals surface area (Å²) in [5.41, 5.74) is -1.14. The molecule has 2 heterocycles. The Labute approximate surface area is 172 Å². The third kappa shape index (κ3) is 3.14. The number of hydrogen-bond donors (Lipinski definition) is 3. The number of ether oxygens (including phenoxy) is 1. The molecule has 156 valence electrons. The first-order valence-corrected chi connectivity index (χ1v) is 10.8. The molecule has 3 N–H and O–H groups in total. The number of urea groups is 1. The predicted octanol–water partition coefficient (Wildman–Crippen LogP) is 1.49. The van der Waals surface area contributed by atoms with Crippen LogP contribution in [0.15, 0.2) is 53.6 Å². The van der Waals surface area contributed by atoms with Gasteiger partial charge in [-0.05, 0) is 35.9 Å². The summed E-state index contributed by atoms with van der Waals surface area (Å²) < 4.78 is 30.2. The average Bonchev–Trinajstić information content (AvgIpc) is 3.17. The lowest BCUT2D eigenvalue weighted by molar-refractivity contribution is -0.124. The van der Waals surface area contributed by atoms with E-state index in [-0.39, 0.29) is 17.3 Å². The molecule has 3 aromatic rings. The van der Waals surface area contributed by atoms with Gasteiger partial charge in [-0.1, -0.05) is 12.1 Å². The minimum atomic E-state index is -3.42. The van der Waals surface area contributed by atoms with Crippen molar-refractivity contribution in [2.75, 3.05) is 13.4 Å². The van der Waals surface area contributed by atoms with Crippen LogP contribution in [0.3, 0.4) is 0 Å². The summed E-state index contributed by atoms with van der Waals surface area (Å²) >= 11 is 0. The molecule has 30 heavy (non-hydrogen) atoms. The van der Waals surface area contributed by atoms with Gasteiger partial charge in [-0.3, -0.25) is 10.1 Å². The number of carbonyl (C=O) groups is 2. The number of nitrogens with one attached hydrogen (secondary N) is 2. The fourth-order valence-electron chi connectivity index (χ4n) is 3.61. The molecule has 3 amide bonds. The van der Waals surface area contributed by atoms with Gasteiger partial charge in [0.25, 0.3) is 5.91 Å². The van der Waals surface area contributed by atoms with Crippen molar-refractivity contribution in [3.05, 3.63) is 54.2 Å². The highest BCUT2D eigenvalue weighted by molar-refractivity contribution is 7.90. The number of sulfone groups is 1. The van der Waals surface area contributed by atoms with Crippen LogP contribution >= 0.6 is 0 Å². The highest BCUT2D eigenvalue weighted by Gasteiger charge is 2.48. The number of nitrogens with zero attached hydrogens (tertiary/aromatic N) is 1. The van der Waals surface area contributed by atoms with E-state index in [0.29, 0.717) is 16.7 Å². The van der Waals surface area contributed by atoms with Crippen molar-refractivity contribution in [2.24, 2.45) is 0 Å². The van der Waals surface area contributed by atoms with Crippen molar-refractivity contribution in [2.45, 2.75) is 17.0 Å². The standard InChI is InChI=1S/C20H19N3O6S/c1-29-14-6-3-12-10-23(17(24)16(12)9-14)11-20(18(25)21-19(26)22-20)13-4-7-15(8-5-13)30(2,27)28/h3-10,24H,11H2,1-2H3,(H2,21,22,25,26)/t20-/m1/s1. The molecule has 1 fully saturated rings. The van der Waals surface area contributed by atoms with Crippen molar-refractivity contribution in [1.29, 1.82) is 0 Å². The number of aromatic nitrogens is 1. The van der Waals surface area contributed by atoms with Gasteiger partial charge in [0.2, 0.25) is 0 Å². The summed E-state index contributed by atoms with van der Waals surface area (Å²) in [6.45, 7) is -0.106. The molecule has 1 aliphatic rings. The van der Waals surface area contributed by atoms with Crippen LogP contribution in [0.4, 0.5) is 4.79 Å². The maximum Gasteiger partial charge on any atom is 0.322 e. The predicted molar refractivity (Wildman–Crippen MR) is 108 cm³/mol. The van der Waals surface area contributed by atoms with Crippen LogP contribution in [0.1, 0.15) is 5.56 Å². The first-order chi connectivity index (χ1) is 14.1. The number of fused-ring (bicyclic) bond motifs is 1. The zero-order valence-corrected chi connectivity index (χ0v) is 17.0. The Hall–Kier alpha value is -3.53. The largest absolute Gasteiger partial charge is 0.497 e. The van der Waals surface area contributed by atoms with Gasteiger partial charge in [-0.25, -0.2) is 13.2 Å². The molecule has 0 aliphatic carbocycles. The van der Waals surface area contributed by atoms with Gasteiger partial charge in [0.05, 0.1) is 18.6 Å². The first-order valence-electron chi connectivity index (χ1n) is 8.94. The lowest BCUT2D eigenvalue weighted by Crippen LogP contribution is -2.47. The van der Waals surface area contributed by atoms with Gasteiger partial charge in [0.1, 0.15) is 5.75 Å². The number of imide groups is 1. The van der Waals surface area contributed by atoms with Crippen LogP contribution in [0.5, 0.6) is 11.6 Å². The summed E-state index contributed by atoms with van der Waals surface area (Å²) in [6.07, 6.45) is 2.74. The van der Waals surface area contributed by atoms with Crippen LogP contribution in [0, 0.1) is 0 Å². The number of rotatable bonds is 5. The fourth-order valence-corrected chi connectivity index (χ4v) is 4.24. The molecule has 1 aromatic heterocycles. The quantitative estimate of drug-likeness (QED) is 0.528. The second-order valence-corrected chi connectivity index (χ2v) is 9.16. The van der Waals surface area contributed by atoms with E-state index in [2.05, 4.69) is 10.6 Å². The van der Waals surface area contributed by atoms with Gasteiger partial charge in [0, 0.05) is 23.2 Å². The minimum absolute atomic E-state index is 0.0905. The van der Waals surface area contributed by atoms with Gasteiger partial charge in [0.15, 0.2) is 21.3 Å². The molecular weight excluding hydrogens is 410 g/mol. The Morgan fingerprint density at radius 1 is 1.13 bits per heavy atom. The molecule has 1 aliphatic heterocycles. The number of carbonyl (C=O) groups excluding carboxylic acids is 2. The number of methoxy groups -OCH3 is 1. The van der Waals surface area contributed by atoms with Crippen LogP contribution in [-0.2, 0) is 26.7 Å². The van der Waals surface area contributed by atoms with Gasteiger partial charge >= 0.3 is 6.03 Å². The van der Waals surface area contributed by atoms with Crippen molar-refractivity contribution < 1.29 is 27.9 Å². The minimum Gasteiger partial charge on any atom is -0.497 e. The Balaban J connectivity index is 1.81. The van der Waals surface area contributed by atoms with Crippen LogP contribution in [0.2, 0.25) is 0 Å². The second-order valence-electron chi connectivity index (χ2n) is 7.14. The highest BCUT2D eigenvalue weighted by Crippen LogP contribution is 2.35. The summed E-state index contributed by atoms with van der Waals surface area (Å²) in [7, 11) is -1.91. The Bertz CT molecular complexity index is 1280. The Morgan fingerprint density at radius 2 is 1.83 bits per heavy atom. The molecule has 1 saturated heterocycles. The molecule has 10 heteroatoms. The van der Waals surface area contributed by atoms with Gasteiger partial charge in [-0.2, -0.15) is 0 Å². The lowest BCUT2D eigenvalue weighted by atomic mass is 9.89. The van der Waals surface area contributed by atoms with Crippen molar-refractivity contribution in [3.63, 3.8) is 0 Å². The number of hydrogen-bond acceptors (Lipinski definition) is 6. The molecule has 0 bridgehead atoms. The number of benzene rings is 2. The van der Waals surface area contributed by atoms with E-state index in [1.165, 1.54) is 35.9 Å². The average molecular weight is 429 g/mol. The molecule has 2 aromatic carbocycles. The molecule has 0 spiro atoms. The molecular formula is C20H19N3O6S. The Morgan fingerprint density at radius 3 is 2.40 bits per heavy atom. The third-order valence-electron chi connectivity index (χ3n) is 5.19. The normalized spacial score (nSPS) is 19.0. The topological polar surface area (TPSA) is 127 Å². The summed E-state index contributed by atoms with van der Waals surface area (Å²) in [5, 5.41) is 16.8. The van der Waals surface area contributed by atoms with Crippen LogP contribution in [0.25, 0.3) is 10.8 Å². The molecule has 4 rings (SSSR count). The molecule has 9 nitrogen and oxygen atoms in total. The SMILES string of the molecule is COc1ccc2cn(C[C@]3(c4ccc(S(C)(=O)=O)cc4)NC(=O)NC3=O)c(O)c2c1. The zero-order valence-electron chi connectivity index (χ0n) is 16.2. The highest BCUT2D eigenvalue weighted by atomic mass is 32.2. The molecule has 0 saturated carbocycles. The maximum absolute atomic E-state index is 12.8. The van der Waals surface area contributed by atoms with E-state index in [1.54, 1.807) is 24.4 Å². The fraction of sp³-hybridized carbons (Fsp3) is 0.200. The van der Waals surface area contributed by atoms with E-state index in [1.807, 2.05) is 0 Å². The summed E-state index contributed by atoms with van der Waals surface area (Å²) in [5.74, 6) is -0.132. The van der Waals surface area contributed by atoms with E-state index in [9.17, 15) is 23.1 Å². The summed E-state index contributed by atoms with van der Waals surface area (Å²) in [4.78, 5) is 24.9. The molecule has 0 radical (unpaired) electrons.